The molecule has 32 heavy (non-hydrogen) atoms. The lowest BCUT2D eigenvalue weighted by Crippen LogP contribution is -2.62. The molecule has 2 unspecified atom stereocenters. The molecule has 2 heterocycles. The lowest BCUT2D eigenvalue weighted by atomic mass is 9.46. The predicted molar refractivity (Wildman–Crippen MR) is 121 cm³/mol. The Morgan fingerprint density at radius 2 is 1.75 bits per heavy atom. The summed E-state index contributed by atoms with van der Waals surface area (Å²) in [5, 5.41) is 4.63. The number of benzene rings is 1. The van der Waals surface area contributed by atoms with Gasteiger partial charge in [-0.3, -0.25) is 9.69 Å². The first-order chi connectivity index (χ1) is 15.4. The molecule has 0 radical (unpaired) electrons. The number of nitrogens with zero attached hydrogens (tertiary/aromatic N) is 5. The highest BCUT2D eigenvalue weighted by molar-refractivity contribution is 9.10. The van der Waals surface area contributed by atoms with Crippen molar-refractivity contribution in [2.45, 2.75) is 50.6 Å². The molecule has 2 atom stereocenters. The average Bonchev–Trinajstić information content (AvgIpc) is 3.22. The molecule has 1 saturated heterocycles. The van der Waals surface area contributed by atoms with E-state index in [1.165, 1.54) is 18.6 Å². The first-order valence-electron chi connectivity index (χ1n) is 11.8. The number of hydrogen-bond acceptors (Lipinski definition) is 4. The van der Waals surface area contributed by atoms with E-state index in [1.807, 2.05) is 18.5 Å². The molecule has 1 aromatic heterocycles. The van der Waals surface area contributed by atoms with Crippen LogP contribution in [0, 0.1) is 23.1 Å². The van der Waals surface area contributed by atoms with Gasteiger partial charge in [0.25, 0.3) is 0 Å². The molecule has 4 saturated carbocycles. The Hall–Kier alpha value is -1.80. The molecule has 5 aliphatic rings. The standard InChI is InChI=1S/C24H29BrFN5O/c25-22-27-16-31(28-22)24-12-18-9-19(13-24)11-23(10-18,15-24)21(32)30-7-5-29(6-8-30)14-17-1-3-20(26)4-2-17/h1-4,16,18-19H,5-15H2. The van der Waals surface area contributed by atoms with Gasteiger partial charge in [-0.25, -0.2) is 14.1 Å². The van der Waals surface area contributed by atoms with Crippen LogP contribution in [-0.4, -0.2) is 56.7 Å². The summed E-state index contributed by atoms with van der Waals surface area (Å²) in [5.41, 5.74) is 0.832. The van der Waals surface area contributed by atoms with E-state index in [0.29, 0.717) is 22.5 Å². The Labute approximate surface area is 196 Å². The molecule has 1 amide bonds. The zero-order valence-corrected chi connectivity index (χ0v) is 19.8. The van der Waals surface area contributed by atoms with Gasteiger partial charge in [0.1, 0.15) is 12.1 Å². The summed E-state index contributed by atoms with van der Waals surface area (Å²) in [6.07, 6.45) is 8.34. The monoisotopic (exact) mass is 501 g/mol. The number of aromatic nitrogens is 3. The Kier molecular flexibility index (Phi) is 4.95. The van der Waals surface area contributed by atoms with E-state index < -0.39 is 0 Å². The van der Waals surface area contributed by atoms with Crippen LogP contribution >= 0.6 is 15.9 Å². The van der Waals surface area contributed by atoms with Crippen LogP contribution in [0.5, 0.6) is 0 Å². The van der Waals surface area contributed by atoms with Crippen LogP contribution < -0.4 is 0 Å². The SMILES string of the molecule is O=C(N1CCN(Cc2ccc(F)cc2)CC1)C12CC3CC(C1)CC(n1cnc(Br)n1)(C3)C2. The van der Waals surface area contributed by atoms with Gasteiger partial charge in [0.15, 0.2) is 0 Å². The van der Waals surface area contributed by atoms with Crippen molar-refractivity contribution in [2.24, 2.45) is 17.3 Å². The molecule has 6 nitrogen and oxygen atoms in total. The molecule has 5 fully saturated rings. The molecule has 1 aromatic carbocycles. The number of carbonyl (C=O) groups is 1. The maximum Gasteiger partial charge on any atom is 0.228 e. The second-order valence-electron chi connectivity index (χ2n) is 10.6. The van der Waals surface area contributed by atoms with Gasteiger partial charge in [-0.05, 0) is 84.0 Å². The van der Waals surface area contributed by atoms with Crippen molar-refractivity contribution in [1.29, 1.82) is 0 Å². The van der Waals surface area contributed by atoms with Crippen LogP contribution in [0.1, 0.15) is 44.1 Å². The largest absolute Gasteiger partial charge is 0.340 e. The van der Waals surface area contributed by atoms with E-state index in [4.69, 9.17) is 0 Å². The van der Waals surface area contributed by atoms with Crippen molar-refractivity contribution in [3.05, 3.63) is 46.7 Å². The molecular weight excluding hydrogens is 473 g/mol. The summed E-state index contributed by atoms with van der Waals surface area (Å²) in [4.78, 5) is 22.8. The van der Waals surface area contributed by atoms with Gasteiger partial charge in [0.05, 0.1) is 11.0 Å². The third-order valence-corrected chi connectivity index (χ3v) is 8.78. The number of piperazine rings is 1. The summed E-state index contributed by atoms with van der Waals surface area (Å²) in [7, 11) is 0. The van der Waals surface area contributed by atoms with Gasteiger partial charge in [0, 0.05) is 32.7 Å². The average molecular weight is 502 g/mol. The van der Waals surface area contributed by atoms with Gasteiger partial charge in [-0.15, -0.1) is 5.10 Å². The number of hydrogen-bond donors (Lipinski definition) is 0. The molecule has 1 aliphatic heterocycles. The number of amides is 1. The van der Waals surface area contributed by atoms with E-state index in [-0.39, 0.29) is 16.8 Å². The lowest BCUT2D eigenvalue weighted by molar-refractivity contribution is -0.168. The maximum atomic E-state index is 13.9. The van der Waals surface area contributed by atoms with E-state index >= 15 is 0 Å². The van der Waals surface area contributed by atoms with Crippen molar-refractivity contribution >= 4 is 21.8 Å². The Bertz CT molecular complexity index is 1000. The Balaban J connectivity index is 1.16. The van der Waals surface area contributed by atoms with Gasteiger partial charge in [-0.2, -0.15) is 0 Å². The van der Waals surface area contributed by atoms with Crippen molar-refractivity contribution in [2.75, 3.05) is 26.2 Å². The second kappa shape index (κ2) is 7.62. The zero-order chi connectivity index (χ0) is 21.9. The fourth-order valence-corrected chi connectivity index (χ4v) is 7.76. The van der Waals surface area contributed by atoms with Crippen LogP contribution in [0.4, 0.5) is 4.39 Å². The fraction of sp³-hybridized carbons (Fsp3) is 0.625. The summed E-state index contributed by atoms with van der Waals surface area (Å²) in [6.45, 7) is 4.10. The van der Waals surface area contributed by atoms with Crippen LogP contribution in [0.15, 0.2) is 35.3 Å². The van der Waals surface area contributed by atoms with Gasteiger partial charge in [-0.1, -0.05) is 12.1 Å². The third-order valence-electron chi connectivity index (χ3n) is 8.41. The van der Waals surface area contributed by atoms with Crippen LogP contribution in [-0.2, 0) is 16.9 Å². The Morgan fingerprint density at radius 1 is 1.06 bits per heavy atom. The van der Waals surface area contributed by atoms with E-state index in [9.17, 15) is 9.18 Å². The normalized spacial score (nSPS) is 34.2. The number of carbonyl (C=O) groups excluding carboxylic acids is 1. The van der Waals surface area contributed by atoms with Crippen LogP contribution in [0.3, 0.4) is 0 Å². The molecule has 2 aromatic rings. The van der Waals surface area contributed by atoms with Crippen molar-refractivity contribution in [1.82, 2.24) is 24.6 Å². The van der Waals surface area contributed by atoms with E-state index in [0.717, 1.165) is 70.4 Å². The Morgan fingerprint density at radius 3 is 2.38 bits per heavy atom. The minimum Gasteiger partial charge on any atom is -0.340 e. The quantitative estimate of drug-likeness (QED) is 0.638. The van der Waals surface area contributed by atoms with Gasteiger partial charge >= 0.3 is 0 Å². The van der Waals surface area contributed by atoms with Crippen LogP contribution in [0.25, 0.3) is 0 Å². The first kappa shape index (κ1) is 20.8. The summed E-state index contributed by atoms with van der Waals surface area (Å²) in [6, 6.07) is 6.74. The molecule has 0 spiro atoms. The molecule has 8 heteroatoms. The van der Waals surface area contributed by atoms with Crippen molar-refractivity contribution < 1.29 is 9.18 Å². The summed E-state index contributed by atoms with van der Waals surface area (Å²) in [5.74, 6) is 1.40. The smallest absolute Gasteiger partial charge is 0.228 e. The highest BCUT2D eigenvalue weighted by Crippen LogP contribution is 2.64. The van der Waals surface area contributed by atoms with E-state index in [1.54, 1.807) is 0 Å². The highest BCUT2D eigenvalue weighted by Gasteiger charge is 2.62. The maximum absolute atomic E-state index is 13.9. The molecular formula is C24H29BrFN5O. The third kappa shape index (κ3) is 3.50. The minimum absolute atomic E-state index is 0.0524. The first-order valence-corrected chi connectivity index (χ1v) is 12.6. The number of halogens is 2. The van der Waals surface area contributed by atoms with Crippen molar-refractivity contribution in [3.63, 3.8) is 0 Å². The van der Waals surface area contributed by atoms with E-state index in [2.05, 4.69) is 40.5 Å². The highest BCUT2D eigenvalue weighted by atomic mass is 79.9. The van der Waals surface area contributed by atoms with Crippen molar-refractivity contribution in [3.8, 4) is 0 Å². The topological polar surface area (TPSA) is 54.3 Å². The lowest BCUT2D eigenvalue weighted by Gasteiger charge is -2.61. The fourth-order valence-electron chi connectivity index (χ4n) is 7.50. The second-order valence-corrected chi connectivity index (χ2v) is 11.3. The number of rotatable bonds is 4. The molecule has 4 bridgehead atoms. The summed E-state index contributed by atoms with van der Waals surface area (Å²) < 4.78 is 15.9. The molecule has 170 valence electrons. The van der Waals surface area contributed by atoms with Gasteiger partial charge in [0.2, 0.25) is 10.6 Å². The minimum atomic E-state index is -0.234. The summed E-state index contributed by atoms with van der Waals surface area (Å²) >= 11 is 3.41. The zero-order valence-electron chi connectivity index (χ0n) is 18.2. The van der Waals surface area contributed by atoms with Gasteiger partial charge < -0.3 is 4.90 Å². The molecule has 4 aliphatic carbocycles. The predicted octanol–water partition coefficient (Wildman–Crippen LogP) is 3.82. The van der Waals surface area contributed by atoms with Crippen LogP contribution in [0.2, 0.25) is 0 Å². The molecule has 0 N–H and O–H groups in total. The molecule has 7 rings (SSSR count).